The van der Waals surface area contributed by atoms with Crippen molar-refractivity contribution in [3.8, 4) is 45.6 Å². The van der Waals surface area contributed by atoms with Crippen LogP contribution in [0.5, 0.6) is 0 Å². The topological polar surface area (TPSA) is 109 Å². The first kappa shape index (κ1) is 51.2. The van der Waals surface area contributed by atoms with E-state index in [1.165, 1.54) is 44.5 Å². The molecule has 0 unspecified atom stereocenters. The Morgan fingerprint density at radius 3 is 0.611 bits per heavy atom. The summed E-state index contributed by atoms with van der Waals surface area (Å²) in [5, 5.41) is 4.31. The molecule has 5 heterocycles. The van der Waals surface area contributed by atoms with E-state index in [4.69, 9.17) is 29.9 Å². The highest BCUT2D eigenvalue weighted by Gasteiger charge is 2.26. The zero-order chi connectivity index (χ0) is 50.1. The summed E-state index contributed by atoms with van der Waals surface area (Å²) in [6.07, 6.45) is 26.6. The summed E-state index contributed by atoms with van der Waals surface area (Å²) in [5.41, 5.74) is 18.6. The minimum absolute atomic E-state index is 0.695. The van der Waals surface area contributed by atoms with Crippen LogP contribution in [0.25, 0.3) is 89.7 Å². The van der Waals surface area contributed by atoms with Gasteiger partial charge >= 0.3 is 0 Å². The number of aryl methyl sites for hydroxylation is 8. The first-order chi connectivity index (χ1) is 35.3. The van der Waals surface area contributed by atoms with E-state index >= 15 is 0 Å². The first-order valence-electron chi connectivity index (χ1n) is 28.8. The number of H-pyrrole nitrogens is 2. The molecule has 378 valence electrons. The molecular weight excluding hydrogens is 881 g/mol. The highest BCUT2D eigenvalue weighted by molar-refractivity contribution is 6.07. The van der Waals surface area contributed by atoms with Crippen LogP contribution in [0, 0.1) is 0 Å². The molecule has 0 aliphatic carbocycles. The second-order valence-electron chi connectivity index (χ2n) is 21.1. The third-order valence-electron chi connectivity index (χ3n) is 15.5. The van der Waals surface area contributed by atoms with Crippen molar-refractivity contribution < 1.29 is 0 Å². The zero-order valence-corrected chi connectivity index (χ0v) is 45.3. The third kappa shape index (κ3) is 10.8. The quantitative estimate of drug-likeness (QED) is 0.0624. The van der Waals surface area contributed by atoms with Crippen molar-refractivity contribution in [3.63, 3.8) is 0 Å². The lowest BCUT2D eigenvalue weighted by molar-refractivity contribution is 0.758. The number of hydrogen-bond acceptors (Lipinski definition) is 6. The Hall–Kier alpha value is -5.76. The van der Waals surface area contributed by atoms with Crippen LogP contribution in [0.3, 0.4) is 0 Å². The van der Waals surface area contributed by atoms with Gasteiger partial charge in [0.05, 0.1) is 0 Å². The van der Waals surface area contributed by atoms with Crippen LogP contribution in [0.2, 0.25) is 0 Å². The van der Waals surface area contributed by atoms with Crippen molar-refractivity contribution in [3.05, 3.63) is 93.0 Å². The normalized spacial score (nSPS) is 12.1. The molecule has 9 rings (SSSR count). The Morgan fingerprint density at radius 2 is 0.431 bits per heavy atom. The van der Waals surface area contributed by atoms with Crippen LogP contribution in [0.1, 0.15) is 203 Å². The fourth-order valence-electron chi connectivity index (χ4n) is 11.1. The maximum Gasteiger partial charge on any atom is 0.164 e. The number of nitrogens with one attached hydrogen (secondary N) is 2. The molecule has 0 atom stereocenters. The zero-order valence-electron chi connectivity index (χ0n) is 45.3. The number of hydrogen-bond donors (Lipinski definition) is 2. The van der Waals surface area contributed by atoms with Crippen LogP contribution < -0.4 is 0 Å². The Kier molecular flexibility index (Phi) is 16.9. The van der Waals surface area contributed by atoms with E-state index in [9.17, 15) is 0 Å². The number of nitrogens with zero attached hydrogens (tertiary/aromatic N) is 6. The number of benzene rings is 4. The maximum atomic E-state index is 5.62. The van der Waals surface area contributed by atoms with Gasteiger partial charge in [0.25, 0.3) is 0 Å². The van der Waals surface area contributed by atoms with E-state index in [1.807, 2.05) is 0 Å². The van der Waals surface area contributed by atoms with Gasteiger partial charge in [-0.2, -0.15) is 0 Å². The highest BCUT2D eigenvalue weighted by atomic mass is 15.1. The minimum Gasteiger partial charge on any atom is -0.324 e. The van der Waals surface area contributed by atoms with Crippen molar-refractivity contribution in [1.29, 1.82) is 0 Å². The molecule has 2 aliphatic rings. The number of fused-ring (bicyclic) bond motifs is 20. The van der Waals surface area contributed by atoms with Crippen molar-refractivity contribution in [2.24, 2.45) is 0 Å². The molecule has 0 saturated heterocycles. The van der Waals surface area contributed by atoms with E-state index in [0.717, 1.165) is 220 Å². The van der Waals surface area contributed by atoms with Gasteiger partial charge in [-0.3, -0.25) is 0 Å². The largest absolute Gasteiger partial charge is 0.324 e. The Balaban J connectivity index is 1.44. The van der Waals surface area contributed by atoms with Gasteiger partial charge in [-0.25, -0.2) is 29.9 Å². The van der Waals surface area contributed by atoms with Gasteiger partial charge in [-0.15, -0.1) is 0 Å². The Bertz CT molecular complexity index is 2790. The van der Waals surface area contributed by atoms with Crippen molar-refractivity contribution >= 4 is 44.1 Å². The molecule has 0 saturated carbocycles. The predicted molar refractivity (Wildman–Crippen MR) is 305 cm³/mol. The average molecular weight is 963 g/mol. The van der Waals surface area contributed by atoms with Crippen LogP contribution in [0.4, 0.5) is 0 Å². The predicted octanol–water partition coefficient (Wildman–Crippen LogP) is 17.6. The molecule has 8 heteroatoms. The maximum absolute atomic E-state index is 5.62. The Morgan fingerprint density at radius 1 is 0.250 bits per heavy atom. The molecule has 0 radical (unpaired) electrons. The van der Waals surface area contributed by atoms with Crippen molar-refractivity contribution in [2.45, 2.75) is 209 Å². The van der Waals surface area contributed by atoms with Crippen LogP contribution in [0.15, 0.2) is 48.5 Å². The highest BCUT2D eigenvalue weighted by Crippen LogP contribution is 2.41. The molecule has 7 aromatic rings. The van der Waals surface area contributed by atoms with Crippen LogP contribution in [-0.4, -0.2) is 39.9 Å². The fraction of sp³-hybridized carbons (Fsp3) is 0.500. The lowest BCUT2D eigenvalue weighted by atomic mass is 9.92. The summed E-state index contributed by atoms with van der Waals surface area (Å²) >= 11 is 0. The third-order valence-corrected chi connectivity index (χ3v) is 15.5. The summed E-state index contributed by atoms with van der Waals surface area (Å²) in [5.74, 6) is 2.78. The second kappa shape index (κ2) is 23.9. The number of aromatic nitrogens is 8. The number of rotatable bonds is 24. The molecule has 4 aromatic carbocycles. The van der Waals surface area contributed by atoms with Gasteiger partial charge < -0.3 is 9.97 Å². The monoisotopic (exact) mass is 963 g/mol. The van der Waals surface area contributed by atoms with E-state index in [1.54, 1.807) is 0 Å². The van der Waals surface area contributed by atoms with Gasteiger partial charge in [0.15, 0.2) is 23.3 Å². The fourth-order valence-corrected chi connectivity index (χ4v) is 11.1. The smallest absolute Gasteiger partial charge is 0.164 e. The minimum atomic E-state index is 0.695. The summed E-state index contributed by atoms with van der Waals surface area (Å²) in [6, 6.07) is 19.3. The van der Waals surface area contributed by atoms with Gasteiger partial charge in [0.1, 0.15) is 22.6 Å². The van der Waals surface area contributed by atoms with Gasteiger partial charge in [0.2, 0.25) is 0 Å². The standard InChI is InChI=1S/C64H82N8/c1-9-17-25-41-33-49-50(34-42(41)26-18-10-2)58-65-57(49)69-59-51-35-43(27-19-11-3)44(28-20-12-4)36-52(51)61(66-59)71-63-55-39-47(31-23-15-7)48(32-24-16-8)40-56(55)64(68-63)72-62-54-38-46(30-22-14-6)45(29-21-13-5)37-53(54)60(67-62)70-58/h33-40H,9-32H2,1-8H3,(H2,65,66,67,68,69,70,71,72). The van der Waals surface area contributed by atoms with Gasteiger partial charge in [-0.1, -0.05) is 107 Å². The average Bonchev–Trinajstić information content (AvgIpc) is 4.11. The SMILES string of the molecule is CCCCc1cc2c(cc1CCCC)-c1nc-2nc2[nH]c(nc3nc(nc4[nH]c(n1)c1cc(CCCC)c(CCCC)cc41)-c1cc(CCCC)c(CCCC)cc1-3)c1cc(CCCC)c(CCCC)cc21. The second-order valence-corrected chi connectivity index (χ2v) is 21.1. The van der Waals surface area contributed by atoms with E-state index in [-0.39, 0.29) is 0 Å². The summed E-state index contributed by atoms with van der Waals surface area (Å²) in [7, 11) is 0. The molecule has 2 N–H and O–H groups in total. The van der Waals surface area contributed by atoms with Crippen LogP contribution in [-0.2, 0) is 51.4 Å². The molecule has 8 nitrogen and oxygen atoms in total. The van der Waals surface area contributed by atoms with E-state index in [0.29, 0.717) is 23.3 Å². The number of unbranched alkanes of at least 4 members (excludes halogenated alkanes) is 8. The van der Waals surface area contributed by atoms with E-state index < -0.39 is 0 Å². The molecular formula is C64H82N8. The lowest BCUT2D eigenvalue weighted by Crippen LogP contribution is -1.97. The van der Waals surface area contributed by atoms with Crippen molar-refractivity contribution in [2.75, 3.05) is 0 Å². The molecule has 0 fully saturated rings. The number of aromatic amines is 2. The van der Waals surface area contributed by atoms with Gasteiger partial charge in [-0.05, 0) is 196 Å². The molecule has 0 amide bonds. The Labute approximate surface area is 430 Å². The lowest BCUT2D eigenvalue weighted by Gasteiger charge is -2.12. The molecule has 0 spiro atoms. The van der Waals surface area contributed by atoms with E-state index in [2.05, 4.69) is 114 Å². The van der Waals surface area contributed by atoms with Gasteiger partial charge in [0, 0.05) is 43.8 Å². The molecule has 72 heavy (non-hydrogen) atoms. The molecule has 8 bridgehead atoms. The summed E-state index contributed by atoms with van der Waals surface area (Å²) in [4.78, 5) is 41.1. The molecule has 2 aliphatic heterocycles. The molecule has 3 aromatic heterocycles. The summed E-state index contributed by atoms with van der Waals surface area (Å²) < 4.78 is 0. The van der Waals surface area contributed by atoms with Crippen LogP contribution >= 0.6 is 0 Å². The summed E-state index contributed by atoms with van der Waals surface area (Å²) in [6.45, 7) is 18.3. The first-order valence-corrected chi connectivity index (χ1v) is 28.8. The van der Waals surface area contributed by atoms with Crippen molar-refractivity contribution in [1.82, 2.24) is 39.9 Å².